The molecule has 6 heteroatoms. The third-order valence-electron chi connectivity index (χ3n) is 13.8. The highest BCUT2D eigenvalue weighted by Crippen LogP contribution is 2.16. The summed E-state index contributed by atoms with van der Waals surface area (Å²) in [7, 11) is 0. The molecule has 0 bridgehead atoms. The van der Waals surface area contributed by atoms with Crippen LogP contribution in [0.2, 0.25) is 0 Å². The molecule has 1 unspecified atom stereocenters. The van der Waals surface area contributed by atoms with Crippen LogP contribution in [0, 0.1) is 0 Å². The number of hydrogen-bond donors (Lipinski definition) is 0. The summed E-state index contributed by atoms with van der Waals surface area (Å²) < 4.78 is 16.9. The number of esters is 3. The molecule has 0 aromatic carbocycles. The van der Waals surface area contributed by atoms with Gasteiger partial charge in [0.1, 0.15) is 13.2 Å². The van der Waals surface area contributed by atoms with Crippen molar-refractivity contribution in [1.82, 2.24) is 0 Å². The first-order valence-corrected chi connectivity index (χ1v) is 32.2. The quantitative estimate of drug-likeness (QED) is 0.0261. The Morgan fingerprint density at radius 3 is 0.842 bits per heavy atom. The van der Waals surface area contributed by atoms with Crippen LogP contribution in [0.25, 0.3) is 0 Å². The van der Waals surface area contributed by atoms with Gasteiger partial charge in [0.05, 0.1) is 0 Å². The standard InChI is InChI=1S/C70H120O6/c1-4-7-10-13-16-19-22-25-28-30-31-32-33-34-35-36-37-38-39-41-42-45-48-51-54-57-60-63-69(72)75-66-67(65-74-68(71)62-59-56-53-50-47-44-27-24-21-18-15-12-9-6-3)76-70(73)64-61-58-55-52-49-46-43-40-29-26-23-20-17-14-11-8-5-2/h7,10,15-16,18-19,24-25,27-28,31-32,34-35,37-38,67H,4-6,8-9,11-14,17,20-23,26,29-30,33,36,39-66H2,1-3H3/b10-7-,18-15-,19-16-,27-24-,28-25-,32-31-,35-34-,38-37-. The monoisotopic (exact) mass is 1060 g/mol. The second-order valence-electron chi connectivity index (χ2n) is 21.3. The highest BCUT2D eigenvalue weighted by Gasteiger charge is 2.19. The summed E-state index contributed by atoms with van der Waals surface area (Å²) >= 11 is 0. The van der Waals surface area contributed by atoms with E-state index in [0.717, 1.165) is 122 Å². The van der Waals surface area contributed by atoms with Crippen molar-refractivity contribution in [3.63, 3.8) is 0 Å². The zero-order valence-corrected chi connectivity index (χ0v) is 50.0. The van der Waals surface area contributed by atoms with Gasteiger partial charge in [-0.25, -0.2) is 0 Å². The molecule has 0 heterocycles. The van der Waals surface area contributed by atoms with Crippen LogP contribution in [0.1, 0.15) is 310 Å². The Morgan fingerprint density at radius 1 is 0.276 bits per heavy atom. The molecule has 0 saturated carbocycles. The Bertz CT molecular complexity index is 1490. The normalized spacial score (nSPS) is 12.7. The Labute approximate surface area is 470 Å². The van der Waals surface area contributed by atoms with Crippen molar-refractivity contribution >= 4 is 17.9 Å². The first kappa shape index (κ1) is 72.3. The van der Waals surface area contributed by atoms with Crippen molar-refractivity contribution < 1.29 is 28.6 Å². The zero-order valence-electron chi connectivity index (χ0n) is 50.0. The smallest absolute Gasteiger partial charge is 0.306 e. The summed E-state index contributed by atoms with van der Waals surface area (Å²) in [6.45, 7) is 6.50. The lowest BCUT2D eigenvalue weighted by Crippen LogP contribution is -2.30. The summed E-state index contributed by atoms with van der Waals surface area (Å²) in [5.41, 5.74) is 0. The predicted molar refractivity (Wildman–Crippen MR) is 330 cm³/mol. The molecular weight excluding hydrogens is 937 g/mol. The molecule has 0 radical (unpaired) electrons. The van der Waals surface area contributed by atoms with Crippen molar-refractivity contribution in [3.05, 3.63) is 97.2 Å². The third kappa shape index (κ3) is 61.2. The summed E-state index contributed by atoms with van der Waals surface area (Å²) in [6, 6.07) is 0. The maximum absolute atomic E-state index is 12.9. The van der Waals surface area contributed by atoms with Gasteiger partial charge < -0.3 is 14.2 Å². The number of unbranched alkanes of at least 4 members (excludes halogenated alkanes) is 31. The molecular formula is C70H120O6. The van der Waals surface area contributed by atoms with Gasteiger partial charge >= 0.3 is 17.9 Å². The van der Waals surface area contributed by atoms with E-state index in [1.54, 1.807) is 0 Å². The fourth-order valence-corrected chi connectivity index (χ4v) is 8.99. The van der Waals surface area contributed by atoms with Gasteiger partial charge in [0.2, 0.25) is 0 Å². The van der Waals surface area contributed by atoms with Gasteiger partial charge in [-0.1, -0.05) is 291 Å². The van der Waals surface area contributed by atoms with Crippen molar-refractivity contribution in [3.8, 4) is 0 Å². The number of allylic oxidation sites excluding steroid dienone is 16. The Kier molecular flexibility index (Phi) is 60.8. The van der Waals surface area contributed by atoms with Gasteiger partial charge in [0.25, 0.3) is 0 Å². The van der Waals surface area contributed by atoms with Gasteiger partial charge in [-0.2, -0.15) is 0 Å². The van der Waals surface area contributed by atoms with E-state index in [1.807, 2.05) is 0 Å². The molecule has 0 N–H and O–H groups in total. The number of carbonyl (C=O) groups excluding carboxylic acids is 3. The van der Waals surface area contributed by atoms with Gasteiger partial charge in [0.15, 0.2) is 6.10 Å². The van der Waals surface area contributed by atoms with Gasteiger partial charge in [-0.15, -0.1) is 0 Å². The van der Waals surface area contributed by atoms with Crippen LogP contribution in [0.5, 0.6) is 0 Å². The van der Waals surface area contributed by atoms with Gasteiger partial charge in [-0.05, 0) is 96.3 Å². The highest BCUT2D eigenvalue weighted by molar-refractivity contribution is 5.71. The first-order chi connectivity index (χ1) is 37.5. The predicted octanol–water partition coefficient (Wildman–Crippen LogP) is 22.0. The molecule has 0 rings (SSSR count). The molecule has 0 aromatic heterocycles. The van der Waals surface area contributed by atoms with E-state index in [-0.39, 0.29) is 31.1 Å². The van der Waals surface area contributed by atoms with E-state index in [9.17, 15) is 14.4 Å². The van der Waals surface area contributed by atoms with E-state index >= 15 is 0 Å². The third-order valence-corrected chi connectivity index (χ3v) is 13.8. The lowest BCUT2D eigenvalue weighted by Gasteiger charge is -2.18. The fraction of sp³-hybridized carbons (Fsp3) is 0.729. The molecule has 76 heavy (non-hydrogen) atoms. The molecule has 0 aliphatic carbocycles. The lowest BCUT2D eigenvalue weighted by atomic mass is 10.0. The molecule has 6 nitrogen and oxygen atoms in total. The van der Waals surface area contributed by atoms with Crippen molar-refractivity contribution in [1.29, 1.82) is 0 Å². The number of ether oxygens (including phenoxy) is 3. The van der Waals surface area contributed by atoms with E-state index in [0.29, 0.717) is 19.3 Å². The molecule has 0 spiro atoms. The first-order valence-electron chi connectivity index (χ1n) is 32.2. The average molecular weight is 1060 g/mol. The van der Waals surface area contributed by atoms with E-state index in [2.05, 4.69) is 118 Å². The van der Waals surface area contributed by atoms with E-state index in [4.69, 9.17) is 14.2 Å². The van der Waals surface area contributed by atoms with E-state index < -0.39 is 6.10 Å². The number of carbonyl (C=O) groups is 3. The minimum Gasteiger partial charge on any atom is -0.462 e. The van der Waals surface area contributed by atoms with Crippen LogP contribution in [0.15, 0.2) is 97.2 Å². The molecule has 0 aliphatic rings. The Balaban J connectivity index is 4.34. The van der Waals surface area contributed by atoms with Crippen molar-refractivity contribution in [2.24, 2.45) is 0 Å². The molecule has 0 saturated heterocycles. The second-order valence-corrected chi connectivity index (χ2v) is 21.3. The summed E-state index contributed by atoms with van der Waals surface area (Å²) in [4.78, 5) is 38.3. The van der Waals surface area contributed by atoms with Crippen LogP contribution < -0.4 is 0 Å². The topological polar surface area (TPSA) is 78.9 Å². The second kappa shape index (κ2) is 63.9. The highest BCUT2D eigenvalue weighted by atomic mass is 16.6. The summed E-state index contributed by atoms with van der Waals surface area (Å²) in [5, 5.41) is 0. The van der Waals surface area contributed by atoms with Crippen LogP contribution in [0.3, 0.4) is 0 Å². The lowest BCUT2D eigenvalue weighted by molar-refractivity contribution is -0.167. The Hall–Kier alpha value is -3.67. The minimum absolute atomic E-state index is 0.0843. The Morgan fingerprint density at radius 2 is 0.526 bits per heavy atom. The number of rotatable bonds is 58. The van der Waals surface area contributed by atoms with E-state index in [1.165, 1.54) is 148 Å². The average Bonchev–Trinajstić information content (AvgIpc) is 3.42. The van der Waals surface area contributed by atoms with Crippen LogP contribution in [-0.2, 0) is 28.6 Å². The van der Waals surface area contributed by atoms with Gasteiger partial charge in [0, 0.05) is 19.3 Å². The maximum atomic E-state index is 12.9. The van der Waals surface area contributed by atoms with Crippen molar-refractivity contribution in [2.45, 2.75) is 316 Å². The molecule has 1 atom stereocenters. The zero-order chi connectivity index (χ0) is 55.0. The molecule has 0 aliphatic heterocycles. The molecule has 0 fully saturated rings. The van der Waals surface area contributed by atoms with Crippen molar-refractivity contribution in [2.75, 3.05) is 13.2 Å². The SMILES string of the molecule is CC/C=C\C/C=C\C/C=C\C/C=C\C/C=C\C/C=C\CCCCCCCCCCC(=O)OCC(COC(=O)CCCCCCC/C=C\C/C=C\CCCC)OC(=O)CCCCCCCCCCCCCCCCCCC. The minimum atomic E-state index is -0.787. The van der Waals surface area contributed by atoms with Gasteiger partial charge in [-0.3, -0.25) is 14.4 Å². The summed E-state index contributed by atoms with van der Waals surface area (Å²) in [5.74, 6) is -0.893. The summed E-state index contributed by atoms with van der Waals surface area (Å²) in [6.07, 6.45) is 85.5. The number of hydrogen-bond acceptors (Lipinski definition) is 6. The van der Waals surface area contributed by atoms with Crippen LogP contribution >= 0.6 is 0 Å². The molecule has 0 amide bonds. The maximum Gasteiger partial charge on any atom is 0.306 e. The largest absolute Gasteiger partial charge is 0.462 e. The van der Waals surface area contributed by atoms with Crippen LogP contribution in [-0.4, -0.2) is 37.2 Å². The molecule has 0 aromatic rings. The fourth-order valence-electron chi connectivity index (χ4n) is 8.99. The molecule has 436 valence electrons. The van der Waals surface area contributed by atoms with Crippen LogP contribution in [0.4, 0.5) is 0 Å².